The molecule has 0 fully saturated rings. The molecule has 7 heteroatoms. The Kier molecular flexibility index (Phi) is 6.13. The molecule has 0 amide bonds. The van der Waals surface area contributed by atoms with Crippen molar-refractivity contribution in [1.82, 2.24) is 15.2 Å². The van der Waals surface area contributed by atoms with Gasteiger partial charge in [0, 0.05) is 23.0 Å². The van der Waals surface area contributed by atoms with Crippen molar-refractivity contribution < 1.29 is 9.15 Å². The van der Waals surface area contributed by atoms with Crippen molar-refractivity contribution in [2.45, 2.75) is 26.4 Å². The zero-order valence-electron chi connectivity index (χ0n) is 15.5. The van der Waals surface area contributed by atoms with Gasteiger partial charge in [0.05, 0.1) is 26.5 Å². The summed E-state index contributed by atoms with van der Waals surface area (Å²) >= 11 is 5.53. The number of aromatic nitrogens is 1. The lowest BCUT2D eigenvalue weighted by Crippen LogP contribution is -2.40. The summed E-state index contributed by atoms with van der Waals surface area (Å²) in [5.41, 5.74) is 1.27. The highest BCUT2D eigenvalue weighted by atomic mass is 32.1. The topological polar surface area (TPSA) is 70.5 Å². The smallest absolute Gasteiger partial charge is 0.253 e. The number of nitrogens with one attached hydrogen (secondary N) is 2. The third-order valence-corrected chi connectivity index (χ3v) is 4.63. The molecule has 0 atom stereocenters. The number of hydrogen-bond acceptors (Lipinski definition) is 4. The molecule has 0 saturated heterocycles. The summed E-state index contributed by atoms with van der Waals surface area (Å²) in [5.74, 6) is 1.53. The molecule has 3 aromatic rings. The Hall–Kier alpha value is -2.80. The number of rotatable bonds is 7. The van der Waals surface area contributed by atoms with Crippen LogP contribution in [-0.2, 0) is 13.1 Å². The number of furan rings is 1. The predicted molar refractivity (Wildman–Crippen MR) is 110 cm³/mol. The molecule has 6 nitrogen and oxygen atoms in total. The second-order valence-electron chi connectivity index (χ2n) is 6.24. The van der Waals surface area contributed by atoms with Gasteiger partial charge in [-0.1, -0.05) is 6.92 Å². The third kappa shape index (κ3) is 4.68. The average molecular weight is 385 g/mol. The lowest BCUT2D eigenvalue weighted by Gasteiger charge is -2.25. The summed E-state index contributed by atoms with van der Waals surface area (Å²) in [7, 11) is 1.62. The van der Waals surface area contributed by atoms with Crippen molar-refractivity contribution in [3.8, 4) is 5.75 Å². The van der Waals surface area contributed by atoms with Crippen molar-refractivity contribution in [3.05, 3.63) is 64.3 Å². The van der Waals surface area contributed by atoms with Crippen LogP contribution in [0.3, 0.4) is 0 Å². The number of pyridine rings is 1. The van der Waals surface area contributed by atoms with Gasteiger partial charge in [0.15, 0.2) is 5.11 Å². The second kappa shape index (κ2) is 8.73. The number of ether oxygens (including phenoxy) is 1. The summed E-state index contributed by atoms with van der Waals surface area (Å²) in [6.07, 6.45) is 2.59. The molecule has 0 aliphatic rings. The first kappa shape index (κ1) is 19.0. The van der Waals surface area contributed by atoms with Gasteiger partial charge in [-0.3, -0.25) is 4.79 Å². The maximum absolute atomic E-state index is 12.6. The van der Waals surface area contributed by atoms with Gasteiger partial charge in [-0.2, -0.15) is 0 Å². The van der Waals surface area contributed by atoms with Crippen LogP contribution < -0.4 is 15.6 Å². The minimum absolute atomic E-state index is 0.129. The van der Waals surface area contributed by atoms with E-state index < -0.39 is 0 Å². The Morgan fingerprint density at radius 2 is 2.15 bits per heavy atom. The molecule has 2 heterocycles. The summed E-state index contributed by atoms with van der Waals surface area (Å²) in [5, 5.41) is 4.73. The quantitative estimate of drug-likeness (QED) is 0.608. The van der Waals surface area contributed by atoms with Crippen molar-refractivity contribution in [1.29, 1.82) is 0 Å². The van der Waals surface area contributed by atoms with Crippen LogP contribution in [-0.4, -0.2) is 28.7 Å². The van der Waals surface area contributed by atoms with E-state index >= 15 is 0 Å². The number of fused-ring (bicyclic) bond motifs is 1. The van der Waals surface area contributed by atoms with Crippen molar-refractivity contribution in [2.75, 3.05) is 13.7 Å². The molecule has 3 rings (SSSR count). The monoisotopic (exact) mass is 385 g/mol. The Labute approximate surface area is 163 Å². The molecule has 0 saturated carbocycles. The van der Waals surface area contributed by atoms with Crippen molar-refractivity contribution in [3.63, 3.8) is 0 Å². The molecule has 0 radical (unpaired) electrons. The average Bonchev–Trinajstić information content (AvgIpc) is 3.18. The number of aromatic amines is 1. The molecule has 0 unspecified atom stereocenters. The molecular weight excluding hydrogens is 362 g/mol. The van der Waals surface area contributed by atoms with E-state index in [9.17, 15) is 4.79 Å². The SMILES string of the molecule is CCCNC(=S)N(Cc1ccco1)Cc1cc2cc(OC)ccc2[nH]c1=O. The summed E-state index contributed by atoms with van der Waals surface area (Å²) in [4.78, 5) is 17.4. The highest BCUT2D eigenvalue weighted by Crippen LogP contribution is 2.19. The normalized spacial score (nSPS) is 10.7. The van der Waals surface area contributed by atoms with Crippen molar-refractivity contribution in [2.24, 2.45) is 0 Å². The molecule has 0 bridgehead atoms. The molecular formula is C20H23N3O3S. The minimum atomic E-state index is -0.129. The molecule has 2 N–H and O–H groups in total. The molecule has 1 aromatic carbocycles. The van der Waals surface area contributed by atoms with Crippen LogP contribution >= 0.6 is 12.2 Å². The van der Waals surface area contributed by atoms with Crippen LogP contribution in [0, 0.1) is 0 Å². The number of nitrogens with zero attached hydrogens (tertiary/aromatic N) is 1. The van der Waals surface area contributed by atoms with Crippen molar-refractivity contribution >= 4 is 28.2 Å². The maximum atomic E-state index is 12.6. The van der Waals surface area contributed by atoms with Gasteiger partial charge in [-0.05, 0) is 55.0 Å². The van der Waals surface area contributed by atoms with E-state index in [2.05, 4.69) is 17.2 Å². The Morgan fingerprint density at radius 1 is 1.30 bits per heavy atom. The van der Waals surface area contributed by atoms with E-state index in [1.165, 1.54) is 0 Å². The van der Waals surface area contributed by atoms with Gasteiger partial charge in [-0.15, -0.1) is 0 Å². The first-order valence-electron chi connectivity index (χ1n) is 8.86. The molecule has 2 aromatic heterocycles. The lowest BCUT2D eigenvalue weighted by atomic mass is 10.1. The van der Waals surface area contributed by atoms with Crippen LogP contribution in [0.5, 0.6) is 5.75 Å². The van der Waals surface area contributed by atoms with Gasteiger partial charge < -0.3 is 24.4 Å². The Bertz CT molecular complexity index is 966. The van der Waals surface area contributed by atoms with E-state index in [4.69, 9.17) is 21.4 Å². The summed E-state index contributed by atoms with van der Waals surface area (Å²) < 4.78 is 10.7. The van der Waals surface area contributed by atoms with Crippen LogP contribution in [0.2, 0.25) is 0 Å². The molecule has 27 heavy (non-hydrogen) atoms. The van der Waals surface area contributed by atoms with Gasteiger partial charge in [0.1, 0.15) is 11.5 Å². The molecule has 0 aliphatic carbocycles. The summed E-state index contributed by atoms with van der Waals surface area (Å²) in [6.45, 7) is 3.71. The fourth-order valence-electron chi connectivity index (χ4n) is 2.81. The Balaban J connectivity index is 1.90. The van der Waals surface area contributed by atoms with Gasteiger partial charge in [-0.25, -0.2) is 0 Å². The fraction of sp³-hybridized carbons (Fsp3) is 0.300. The molecule has 0 aliphatic heterocycles. The first-order valence-corrected chi connectivity index (χ1v) is 9.26. The van der Waals surface area contributed by atoms with E-state index in [1.807, 2.05) is 41.3 Å². The zero-order valence-corrected chi connectivity index (χ0v) is 16.3. The number of benzene rings is 1. The van der Waals surface area contributed by atoms with E-state index in [-0.39, 0.29) is 5.56 Å². The lowest BCUT2D eigenvalue weighted by molar-refractivity contribution is 0.350. The van der Waals surface area contributed by atoms with Crippen LogP contribution in [0.25, 0.3) is 10.9 Å². The first-order chi connectivity index (χ1) is 13.1. The van der Waals surface area contributed by atoms with Crippen LogP contribution in [0.1, 0.15) is 24.7 Å². The van der Waals surface area contributed by atoms with Crippen LogP contribution in [0.15, 0.2) is 51.9 Å². The van der Waals surface area contributed by atoms with E-state index in [0.717, 1.165) is 35.4 Å². The van der Waals surface area contributed by atoms with E-state index in [0.29, 0.717) is 23.8 Å². The maximum Gasteiger partial charge on any atom is 0.253 e. The zero-order chi connectivity index (χ0) is 19.2. The Morgan fingerprint density at radius 3 is 2.85 bits per heavy atom. The van der Waals surface area contributed by atoms with Crippen LogP contribution in [0.4, 0.5) is 0 Å². The fourth-order valence-corrected chi connectivity index (χ4v) is 3.05. The largest absolute Gasteiger partial charge is 0.497 e. The minimum Gasteiger partial charge on any atom is -0.497 e. The number of H-pyrrole nitrogens is 1. The highest BCUT2D eigenvalue weighted by molar-refractivity contribution is 7.80. The van der Waals surface area contributed by atoms with Gasteiger partial charge >= 0.3 is 0 Å². The predicted octanol–water partition coefficient (Wildman–Crippen LogP) is 3.42. The summed E-state index contributed by atoms with van der Waals surface area (Å²) in [6, 6.07) is 11.2. The third-order valence-electron chi connectivity index (χ3n) is 4.23. The van der Waals surface area contributed by atoms with Gasteiger partial charge in [0.25, 0.3) is 5.56 Å². The van der Waals surface area contributed by atoms with Gasteiger partial charge in [0.2, 0.25) is 0 Å². The van der Waals surface area contributed by atoms with E-state index in [1.54, 1.807) is 13.4 Å². The second-order valence-corrected chi connectivity index (χ2v) is 6.63. The standard InChI is InChI=1S/C20H23N3O3S/c1-3-8-21-20(27)23(13-17-5-4-9-26-17)12-15-10-14-11-16(25-2)6-7-18(14)22-19(15)24/h4-7,9-11H,3,8,12-13H2,1-2H3,(H,21,27)(H,22,24). The molecule has 0 spiro atoms. The number of methoxy groups -OCH3 is 1. The number of thiocarbonyl (C=S) groups is 1. The molecule has 142 valence electrons. The number of hydrogen-bond donors (Lipinski definition) is 2. The highest BCUT2D eigenvalue weighted by Gasteiger charge is 2.15.